The van der Waals surface area contributed by atoms with Gasteiger partial charge >= 0.3 is 0 Å². The molecule has 2 aromatic carbocycles. The van der Waals surface area contributed by atoms with Crippen LogP contribution in [0.25, 0.3) is 0 Å². The summed E-state index contributed by atoms with van der Waals surface area (Å²) >= 11 is 12.0. The fourth-order valence-electron chi connectivity index (χ4n) is 1.96. The van der Waals surface area contributed by atoms with Crippen LogP contribution in [0.1, 0.15) is 29.7 Å². The molecule has 0 saturated carbocycles. The second kappa shape index (κ2) is 6.42. The summed E-state index contributed by atoms with van der Waals surface area (Å²) in [6.45, 7) is 4.99. The molecule has 0 spiro atoms. The van der Waals surface area contributed by atoms with Gasteiger partial charge in [0.05, 0.1) is 0 Å². The predicted octanol–water partition coefficient (Wildman–Crippen LogP) is 5.15. The van der Waals surface area contributed by atoms with Gasteiger partial charge in [-0.15, -0.1) is 0 Å². The first kappa shape index (κ1) is 14.4. The predicted molar refractivity (Wildman–Crippen MR) is 82.9 cm³/mol. The lowest BCUT2D eigenvalue weighted by atomic mass is 10.1. The molecule has 0 radical (unpaired) electrons. The Bertz CT molecular complexity index is 529. The van der Waals surface area contributed by atoms with E-state index in [2.05, 4.69) is 43.4 Å². The molecule has 0 bridgehead atoms. The van der Waals surface area contributed by atoms with Gasteiger partial charge in [0, 0.05) is 22.6 Å². The van der Waals surface area contributed by atoms with Crippen LogP contribution in [0.3, 0.4) is 0 Å². The molecule has 19 heavy (non-hydrogen) atoms. The van der Waals surface area contributed by atoms with Crippen molar-refractivity contribution in [1.82, 2.24) is 5.32 Å². The zero-order valence-corrected chi connectivity index (χ0v) is 12.6. The van der Waals surface area contributed by atoms with Crippen molar-refractivity contribution in [3.05, 3.63) is 69.2 Å². The van der Waals surface area contributed by atoms with Crippen molar-refractivity contribution < 1.29 is 0 Å². The van der Waals surface area contributed by atoms with Gasteiger partial charge in [-0.3, -0.25) is 0 Å². The highest BCUT2D eigenvalue weighted by molar-refractivity contribution is 6.34. The van der Waals surface area contributed by atoms with Crippen LogP contribution >= 0.6 is 23.2 Å². The minimum Gasteiger partial charge on any atom is -0.306 e. The molecule has 100 valence electrons. The van der Waals surface area contributed by atoms with E-state index in [0.717, 1.165) is 12.1 Å². The second-order valence-corrected chi connectivity index (χ2v) is 5.66. The molecule has 0 saturated heterocycles. The normalized spacial score (nSPS) is 12.4. The Morgan fingerprint density at radius 2 is 1.58 bits per heavy atom. The Labute approximate surface area is 124 Å². The molecule has 0 fully saturated rings. The molecule has 1 nitrogen and oxygen atoms in total. The second-order valence-electron chi connectivity index (χ2n) is 4.79. The van der Waals surface area contributed by atoms with E-state index in [1.54, 1.807) is 6.07 Å². The lowest BCUT2D eigenvalue weighted by Crippen LogP contribution is -2.18. The van der Waals surface area contributed by atoms with Crippen LogP contribution in [0.15, 0.2) is 42.5 Å². The lowest BCUT2D eigenvalue weighted by Gasteiger charge is -2.15. The summed E-state index contributed by atoms with van der Waals surface area (Å²) in [6, 6.07) is 14.5. The molecular weight excluding hydrogens is 277 g/mol. The van der Waals surface area contributed by atoms with Crippen LogP contribution in [0.2, 0.25) is 10.0 Å². The summed E-state index contributed by atoms with van der Waals surface area (Å²) in [5.41, 5.74) is 3.65. The number of aryl methyl sites for hydroxylation is 1. The summed E-state index contributed by atoms with van der Waals surface area (Å²) in [5.74, 6) is 0. The molecule has 0 aliphatic rings. The Hall–Kier alpha value is -1.02. The van der Waals surface area contributed by atoms with Gasteiger partial charge < -0.3 is 5.32 Å². The van der Waals surface area contributed by atoms with E-state index < -0.39 is 0 Å². The minimum atomic E-state index is 0.290. The van der Waals surface area contributed by atoms with Gasteiger partial charge in [-0.05, 0) is 43.2 Å². The highest BCUT2D eigenvalue weighted by Gasteiger charge is 2.05. The first-order chi connectivity index (χ1) is 9.04. The molecule has 0 amide bonds. The van der Waals surface area contributed by atoms with Crippen LogP contribution in [0.5, 0.6) is 0 Å². The van der Waals surface area contributed by atoms with Crippen molar-refractivity contribution in [3.63, 3.8) is 0 Å². The fraction of sp³-hybridized carbons (Fsp3) is 0.250. The fourth-order valence-corrected chi connectivity index (χ4v) is 2.53. The van der Waals surface area contributed by atoms with Crippen LogP contribution in [0.4, 0.5) is 0 Å². The van der Waals surface area contributed by atoms with Gasteiger partial charge in [-0.2, -0.15) is 0 Å². The number of hydrogen-bond donors (Lipinski definition) is 1. The van der Waals surface area contributed by atoms with Crippen LogP contribution < -0.4 is 5.32 Å². The summed E-state index contributed by atoms with van der Waals surface area (Å²) in [7, 11) is 0. The molecule has 0 aliphatic heterocycles. The van der Waals surface area contributed by atoms with E-state index in [4.69, 9.17) is 23.2 Å². The summed E-state index contributed by atoms with van der Waals surface area (Å²) in [5, 5.41) is 4.82. The van der Waals surface area contributed by atoms with Crippen molar-refractivity contribution >= 4 is 23.2 Å². The number of benzene rings is 2. The first-order valence-electron chi connectivity index (χ1n) is 6.29. The van der Waals surface area contributed by atoms with Crippen LogP contribution in [0, 0.1) is 6.92 Å². The van der Waals surface area contributed by atoms with Crippen molar-refractivity contribution in [1.29, 1.82) is 0 Å². The van der Waals surface area contributed by atoms with Crippen LogP contribution in [-0.2, 0) is 6.54 Å². The van der Waals surface area contributed by atoms with Crippen molar-refractivity contribution in [2.75, 3.05) is 0 Å². The largest absolute Gasteiger partial charge is 0.306 e. The Balaban J connectivity index is 1.99. The van der Waals surface area contributed by atoms with E-state index in [1.807, 2.05) is 12.1 Å². The highest BCUT2D eigenvalue weighted by Crippen LogP contribution is 2.20. The Kier molecular flexibility index (Phi) is 4.87. The highest BCUT2D eigenvalue weighted by atomic mass is 35.5. The van der Waals surface area contributed by atoms with E-state index in [9.17, 15) is 0 Å². The quantitative estimate of drug-likeness (QED) is 0.822. The van der Waals surface area contributed by atoms with Gasteiger partial charge in [0.15, 0.2) is 0 Å². The van der Waals surface area contributed by atoms with Gasteiger partial charge in [0.2, 0.25) is 0 Å². The third-order valence-corrected chi connectivity index (χ3v) is 3.55. The van der Waals surface area contributed by atoms with Crippen molar-refractivity contribution in [2.45, 2.75) is 26.4 Å². The molecule has 1 N–H and O–H groups in total. The SMILES string of the molecule is Cc1ccc([C@@H](C)NCc2cc(Cl)cc(Cl)c2)cc1. The first-order valence-corrected chi connectivity index (χ1v) is 7.05. The topological polar surface area (TPSA) is 12.0 Å². The number of rotatable bonds is 4. The number of halogens is 2. The smallest absolute Gasteiger partial charge is 0.0424 e. The maximum absolute atomic E-state index is 5.99. The lowest BCUT2D eigenvalue weighted by molar-refractivity contribution is 0.574. The summed E-state index contributed by atoms with van der Waals surface area (Å²) in [4.78, 5) is 0. The van der Waals surface area contributed by atoms with E-state index in [-0.39, 0.29) is 0 Å². The summed E-state index contributed by atoms with van der Waals surface area (Å²) in [6.07, 6.45) is 0. The number of hydrogen-bond acceptors (Lipinski definition) is 1. The third-order valence-electron chi connectivity index (χ3n) is 3.11. The van der Waals surface area contributed by atoms with E-state index in [0.29, 0.717) is 16.1 Å². The average Bonchev–Trinajstić information content (AvgIpc) is 2.36. The maximum atomic E-state index is 5.99. The van der Waals surface area contributed by atoms with E-state index in [1.165, 1.54) is 11.1 Å². The van der Waals surface area contributed by atoms with Crippen molar-refractivity contribution in [3.8, 4) is 0 Å². The van der Waals surface area contributed by atoms with Gasteiger partial charge in [0.25, 0.3) is 0 Å². The standard InChI is InChI=1S/C16H17Cl2N/c1-11-3-5-14(6-4-11)12(2)19-10-13-7-15(17)9-16(18)8-13/h3-9,12,19H,10H2,1-2H3/t12-/m1/s1. The molecule has 3 heteroatoms. The Morgan fingerprint density at radius 3 is 2.16 bits per heavy atom. The minimum absolute atomic E-state index is 0.290. The molecule has 0 heterocycles. The molecule has 0 aliphatic carbocycles. The number of nitrogens with one attached hydrogen (secondary N) is 1. The molecule has 2 aromatic rings. The third kappa shape index (κ3) is 4.24. The Morgan fingerprint density at radius 1 is 1.00 bits per heavy atom. The monoisotopic (exact) mass is 293 g/mol. The van der Waals surface area contributed by atoms with E-state index >= 15 is 0 Å². The van der Waals surface area contributed by atoms with Gasteiger partial charge in [0.1, 0.15) is 0 Å². The van der Waals surface area contributed by atoms with Gasteiger partial charge in [-0.25, -0.2) is 0 Å². The average molecular weight is 294 g/mol. The molecule has 1 atom stereocenters. The summed E-state index contributed by atoms with van der Waals surface area (Å²) < 4.78 is 0. The van der Waals surface area contributed by atoms with Gasteiger partial charge in [-0.1, -0.05) is 53.0 Å². The van der Waals surface area contributed by atoms with Crippen LogP contribution in [-0.4, -0.2) is 0 Å². The van der Waals surface area contributed by atoms with Crippen molar-refractivity contribution in [2.24, 2.45) is 0 Å². The maximum Gasteiger partial charge on any atom is 0.0424 e. The molecule has 2 rings (SSSR count). The molecule has 0 aromatic heterocycles. The zero-order valence-electron chi connectivity index (χ0n) is 11.1. The zero-order chi connectivity index (χ0) is 13.8. The molecule has 0 unspecified atom stereocenters. The molecular formula is C16H17Cl2N.